The largest absolute Gasteiger partial charge is 0.351 e. The molecule has 11 heavy (non-hydrogen) atoms. The summed E-state index contributed by atoms with van der Waals surface area (Å²) < 4.78 is 0. The lowest BCUT2D eigenvalue weighted by Crippen LogP contribution is -2.30. The first kappa shape index (κ1) is 7.94. The lowest BCUT2D eigenvalue weighted by Gasteiger charge is -2.03. The van der Waals surface area contributed by atoms with Gasteiger partial charge in [-0.25, -0.2) is 4.98 Å². The Morgan fingerprint density at radius 3 is 3.09 bits per heavy atom. The van der Waals surface area contributed by atoms with Crippen LogP contribution in [0.4, 0.5) is 0 Å². The van der Waals surface area contributed by atoms with Crippen LogP contribution in [0.2, 0.25) is 0 Å². The molecule has 0 spiro atoms. The number of nitrogens with one attached hydrogen (secondary N) is 1. The van der Waals surface area contributed by atoms with Crippen molar-refractivity contribution >= 4 is 5.78 Å². The Bertz CT molecular complexity index is 230. The van der Waals surface area contributed by atoms with E-state index in [4.69, 9.17) is 5.73 Å². The predicted octanol–water partition coefficient (Wildman–Crippen LogP) is -0.317. The Balaban J connectivity index is 2.50. The number of imidazole rings is 1. The van der Waals surface area contributed by atoms with Crippen molar-refractivity contribution in [2.45, 2.75) is 12.5 Å². The van der Waals surface area contributed by atoms with Gasteiger partial charge in [-0.2, -0.15) is 0 Å². The van der Waals surface area contributed by atoms with E-state index in [0.29, 0.717) is 6.42 Å². The zero-order valence-corrected chi connectivity index (χ0v) is 6.08. The number of rotatable bonds is 3. The molecule has 0 aliphatic rings. The molecule has 0 bridgehead atoms. The van der Waals surface area contributed by atoms with E-state index in [1.165, 1.54) is 0 Å². The van der Waals surface area contributed by atoms with Gasteiger partial charge in [0.05, 0.1) is 18.1 Å². The molecule has 0 amide bonds. The monoisotopic (exact) mass is 152 g/mol. The number of nitrogens with zero attached hydrogens (tertiary/aromatic N) is 1. The third-order valence-corrected chi connectivity index (χ3v) is 1.40. The SMILES string of the molecule is [CH2]C(=O)[C@@H](N)Cc1c[nH]cn1. The molecule has 4 heteroatoms. The second kappa shape index (κ2) is 3.30. The van der Waals surface area contributed by atoms with Gasteiger partial charge < -0.3 is 10.7 Å². The Morgan fingerprint density at radius 2 is 2.64 bits per heavy atom. The molecule has 59 valence electrons. The van der Waals surface area contributed by atoms with Crippen LogP contribution in [0, 0.1) is 6.92 Å². The summed E-state index contributed by atoms with van der Waals surface area (Å²) in [5, 5.41) is 0. The number of ketones is 1. The number of aromatic nitrogens is 2. The smallest absolute Gasteiger partial charge is 0.150 e. The summed E-state index contributed by atoms with van der Waals surface area (Å²) in [5.41, 5.74) is 6.23. The summed E-state index contributed by atoms with van der Waals surface area (Å²) >= 11 is 0. The molecule has 0 fully saturated rings. The Labute approximate surface area is 64.8 Å². The highest BCUT2D eigenvalue weighted by Crippen LogP contribution is 1.96. The van der Waals surface area contributed by atoms with Crippen molar-refractivity contribution in [2.24, 2.45) is 5.73 Å². The van der Waals surface area contributed by atoms with Crippen LogP contribution in [0.1, 0.15) is 5.69 Å². The van der Waals surface area contributed by atoms with E-state index in [0.717, 1.165) is 5.69 Å². The first-order chi connectivity index (χ1) is 5.20. The predicted molar refractivity (Wildman–Crippen MR) is 40.6 cm³/mol. The molecule has 1 aromatic rings. The minimum absolute atomic E-state index is 0.256. The maximum Gasteiger partial charge on any atom is 0.150 e. The summed E-state index contributed by atoms with van der Waals surface area (Å²) in [7, 11) is 0. The number of hydrogen-bond donors (Lipinski definition) is 2. The highest BCUT2D eigenvalue weighted by atomic mass is 16.1. The van der Waals surface area contributed by atoms with Crippen LogP contribution in [-0.4, -0.2) is 21.8 Å². The molecule has 3 N–H and O–H groups in total. The van der Waals surface area contributed by atoms with Crippen LogP contribution in [-0.2, 0) is 11.2 Å². The summed E-state index contributed by atoms with van der Waals surface area (Å²) in [4.78, 5) is 17.3. The Hall–Kier alpha value is -1.16. The Kier molecular flexibility index (Phi) is 2.38. The highest BCUT2D eigenvalue weighted by molar-refractivity contribution is 5.87. The third kappa shape index (κ3) is 2.16. The molecular weight excluding hydrogens is 142 g/mol. The van der Waals surface area contributed by atoms with Crippen LogP contribution in [0.5, 0.6) is 0 Å². The van der Waals surface area contributed by atoms with Crippen molar-refractivity contribution in [1.82, 2.24) is 9.97 Å². The second-order valence-electron chi connectivity index (χ2n) is 2.34. The number of nitrogens with two attached hydrogens (primary N) is 1. The van der Waals surface area contributed by atoms with E-state index in [9.17, 15) is 4.79 Å². The van der Waals surface area contributed by atoms with Crippen molar-refractivity contribution in [3.05, 3.63) is 25.1 Å². The van der Waals surface area contributed by atoms with E-state index in [1.54, 1.807) is 12.5 Å². The van der Waals surface area contributed by atoms with Gasteiger partial charge in [-0.15, -0.1) is 0 Å². The maximum atomic E-state index is 10.6. The summed E-state index contributed by atoms with van der Waals surface area (Å²) in [5.74, 6) is -0.256. The van der Waals surface area contributed by atoms with E-state index < -0.39 is 6.04 Å². The molecule has 1 aromatic heterocycles. The normalized spacial score (nSPS) is 12.9. The summed E-state index contributed by atoms with van der Waals surface area (Å²) in [6.07, 6.45) is 3.71. The Morgan fingerprint density at radius 1 is 1.91 bits per heavy atom. The molecule has 1 atom stereocenters. The van der Waals surface area contributed by atoms with Gasteiger partial charge in [0, 0.05) is 19.5 Å². The lowest BCUT2D eigenvalue weighted by molar-refractivity contribution is -0.116. The number of carbonyl (C=O) groups is 1. The average molecular weight is 152 g/mol. The van der Waals surface area contributed by atoms with Gasteiger partial charge in [0.25, 0.3) is 0 Å². The van der Waals surface area contributed by atoms with Crippen LogP contribution < -0.4 is 5.73 Å². The van der Waals surface area contributed by atoms with Crippen LogP contribution >= 0.6 is 0 Å². The van der Waals surface area contributed by atoms with E-state index in [2.05, 4.69) is 16.9 Å². The van der Waals surface area contributed by atoms with Crippen molar-refractivity contribution in [1.29, 1.82) is 0 Å². The van der Waals surface area contributed by atoms with Gasteiger partial charge in [0.15, 0.2) is 0 Å². The molecule has 1 rings (SSSR count). The van der Waals surface area contributed by atoms with Crippen molar-refractivity contribution in [3.63, 3.8) is 0 Å². The summed E-state index contributed by atoms with van der Waals surface area (Å²) in [6, 6.07) is -0.529. The number of hydrogen-bond acceptors (Lipinski definition) is 3. The molecule has 0 unspecified atom stereocenters. The zero-order chi connectivity index (χ0) is 8.27. The van der Waals surface area contributed by atoms with Gasteiger partial charge in [0.1, 0.15) is 5.78 Å². The molecule has 0 saturated heterocycles. The first-order valence-electron chi connectivity index (χ1n) is 3.29. The molecular formula is C7H10N3O. The van der Waals surface area contributed by atoms with Crippen LogP contribution in [0.3, 0.4) is 0 Å². The fraction of sp³-hybridized carbons (Fsp3) is 0.286. The second-order valence-corrected chi connectivity index (χ2v) is 2.34. The summed E-state index contributed by atoms with van der Waals surface area (Å²) in [6.45, 7) is 3.22. The van der Waals surface area contributed by atoms with Crippen molar-refractivity contribution in [2.75, 3.05) is 0 Å². The average Bonchev–Trinajstić information content (AvgIpc) is 2.39. The molecule has 0 aliphatic carbocycles. The van der Waals surface area contributed by atoms with E-state index >= 15 is 0 Å². The van der Waals surface area contributed by atoms with Gasteiger partial charge >= 0.3 is 0 Å². The molecule has 0 aromatic carbocycles. The fourth-order valence-electron chi connectivity index (χ4n) is 0.742. The first-order valence-corrected chi connectivity index (χ1v) is 3.29. The molecule has 4 nitrogen and oxygen atoms in total. The number of carbonyl (C=O) groups excluding carboxylic acids is 1. The van der Waals surface area contributed by atoms with Crippen molar-refractivity contribution in [3.8, 4) is 0 Å². The lowest BCUT2D eigenvalue weighted by atomic mass is 10.1. The molecule has 0 aliphatic heterocycles. The molecule has 1 radical (unpaired) electrons. The third-order valence-electron chi connectivity index (χ3n) is 1.40. The number of Topliss-reactive ketones (excluding diaryl/α,β-unsaturated/α-hetero) is 1. The highest BCUT2D eigenvalue weighted by Gasteiger charge is 2.09. The maximum absolute atomic E-state index is 10.6. The standard InChI is InChI=1S/C7H10N3O/c1-5(11)7(8)2-6-3-9-4-10-6/h3-4,7H,1-2,8H2,(H,9,10)/t7-/m0/s1. The number of H-pyrrole nitrogens is 1. The fourth-order valence-corrected chi connectivity index (χ4v) is 0.742. The minimum atomic E-state index is -0.529. The molecule has 1 heterocycles. The van der Waals surface area contributed by atoms with Gasteiger partial charge in [0.2, 0.25) is 0 Å². The van der Waals surface area contributed by atoms with Crippen molar-refractivity contribution < 1.29 is 4.79 Å². The number of aromatic amines is 1. The quantitative estimate of drug-likeness (QED) is 0.623. The van der Waals surface area contributed by atoms with E-state index in [1.807, 2.05) is 0 Å². The topological polar surface area (TPSA) is 71.8 Å². The van der Waals surface area contributed by atoms with Crippen LogP contribution in [0.15, 0.2) is 12.5 Å². The minimum Gasteiger partial charge on any atom is -0.351 e. The van der Waals surface area contributed by atoms with Gasteiger partial charge in [-0.05, 0) is 0 Å². The van der Waals surface area contributed by atoms with Gasteiger partial charge in [-0.1, -0.05) is 0 Å². The molecule has 0 saturated carbocycles. The van der Waals surface area contributed by atoms with Crippen LogP contribution in [0.25, 0.3) is 0 Å². The van der Waals surface area contributed by atoms with Gasteiger partial charge in [-0.3, -0.25) is 4.79 Å². The van der Waals surface area contributed by atoms with E-state index in [-0.39, 0.29) is 5.78 Å². The zero-order valence-electron chi connectivity index (χ0n) is 6.08.